The number of carboxylic acid groups (broad SMARTS) is 1. The number of alkyl halides is 7. The molecular formula is C13H21F7N2O4S. The quantitative estimate of drug-likeness (QED) is 0.360. The summed E-state index contributed by atoms with van der Waals surface area (Å²) in [7, 11) is -3.23. The Kier molecular flexibility index (Phi) is 8.11. The molecule has 0 aliphatic rings. The van der Waals surface area contributed by atoms with E-state index in [1.807, 2.05) is 0 Å². The average molecular weight is 434 g/mol. The number of rotatable bonds is 11. The van der Waals surface area contributed by atoms with Gasteiger partial charge in [0.2, 0.25) is 0 Å². The van der Waals surface area contributed by atoms with E-state index in [2.05, 4.69) is 0 Å². The van der Waals surface area contributed by atoms with E-state index >= 15 is 0 Å². The minimum Gasteiger partial charge on any atom is -0.550 e. The summed E-state index contributed by atoms with van der Waals surface area (Å²) in [6, 6.07) is 0. The van der Waals surface area contributed by atoms with E-state index in [1.54, 1.807) is 14.1 Å². The van der Waals surface area contributed by atoms with Crippen molar-refractivity contribution in [3.05, 3.63) is 0 Å². The van der Waals surface area contributed by atoms with Crippen LogP contribution in [0.5, 0.6) is 0 Å². The molecule has 0 bridgehead atoms. The van der Waals surface area contributed by atoms with Crippen molar-refractivity contribution in [1.29, 1.82) is 0 Å². The lowest BCUT2D eigenvalue weighted by atomic mass is 10.3. The molecule has 0 amide bonds. The lowest BCUT2D eigenvalue weighted by Gasteiger charge is -2.33. The number of quaternary nitrogens is 1. The predicted molar refractivity (Wildman–Crippen MR) is 78.2 cm³/mol. The molecule has 0 fully saturated rings. The molecule has 0 N–H and O–H groups in total. The summed E-state index contributed by atoms with van der Waals surface area (Å²) in [5.74, 6) is -8.11. The van der Waals surface area contributed by atoms with Crippen LogP contribution < -0.4 is 5.11 Å². The molecule has 0 aliphatic carbocycles. The van der Waals surface area contributed by atoms with Gasteiger partial charge in [0.15, 0.2) is 0 Å². The molecular weight excluding hydrogens is 413 g/mol. The second kappa shape index (κ2) is 8.47. The molecule has 0 aromatic carbocycles. The second-order valence-corrected chi connectivity index (χ2v) is 8.42. The van der Waals surface area contributed by atoms with Crippen LogP contribution in [0.2, 0.25) is 0 Å². The third-order valence-corrected chi connectivity index (χ3v) is 5.86. The Morgan fingerprint density at radius 3 is 1.89 bits per heavy atom. The van der Waals surface area contributed by atoms with E-state index in [0.29, 0.717) is 0 Å². The zero-order chi connectivity index (χ0) is 21.9. The van der Waals surface area contributed by atoms with E-state index < -0.39 is 46.4 Å². The fraction of sp³-hybridized carbons (Fsp3) is 0.923. The molecule has 0 unspecified atom stereocenters. The SMILES string of the molecule is CCN(CCC[N+](C)(C)CCC(=O)[O-])S(=O)(=O)C(F)(F)C(F)(F)C(F)(F)F. The van der Waals surface area contributed by atoms with Crippen molar-refractivity contribution in [2.24, 2.45) is 0 Å². The first-order valence-electron chi connectivity index (χ1n) is 7.67. The summed E-state index contributed by atoms with van der Waals surface area (Å²) in [6.45, 7) is -0.368. The van der Waals surface area contributed by atoms with Gasteiger partial charge < -0.3 is 14.4 Å². The molecule has 0 aromatic rings. The van der Waals surface area contributed by atoms with Crippen molar-refractivity contribution in [2.45, 2.75) is 37.1 Å². The minimum absolute atomic E-state index is 0.0146. The van der Waals surface area contributed by atoms with Crippen LogP contribution in [0.1, 0.15) is 19.8 Å². The maximum atomic E-state index is 13.6. The molecule has 0 aromatic heterocycles. The summed E-state index contributed by atoms with van der Waals surface area (Å²) in [4.78, 5) is 10.4. The van der Waals surface area contributed by atoms with Gasteiger partial charge in [-0.25, -0.2) is 8.42 Å². The Labute approximate surface area is 152 Å². The maximum Gasteiger partial charge on any atom is 0.461 e. The second-order valence-electron chi connectivity index (χ2n) is 6.44. The molecule has 14 heteroatoms. The topological polar surface area (TPSA) is 77.5 Å². The molecule has 162 valence electrons. The molecule has 6 nitrogen and oxygen atoms in total. The highest BCUT2D eigenvalue weighted by Crippen LogP contribution is 2.49. The molecule has 0 saturated carbocycles. The number of nitrogens with zero attached hydrogens (tertiary/aromatic N) is 2. The molecule has 0 spiro atoms. The van der Waals surface area contributed by atoms with Crippen molar-refractivity contribution in [2.75, 3.05) is 40.3 Å². The van der Waals surface area contributed by atoms with Crippen molar-refractivity contribution < 1.29 is 53.5 Å². The normalized spacial score (nSPS) is 14.6. The lowest BCUT2D eigenvalue weighted by molar-refractivity contribution is -0.890. The first kappa shape index (κ1) is 25.8. The van der Waals surface area contributed by atoms with Gasteiger partial charge in [-0.2, -0.15) is 35.0 Å². The Morgan fingerprint density at radius 1 is 1.04 bits per heavy atom. The molecule has 0 heterocycles. The molecule has 0 saturated heterocycles. The zero-order valence-electron chi connectivity index (χ0n) is 14.8. The van der Waals surface area contributed by atoms with Crippen LogP contribution in [0.3, 0.4) is 0 Å². The third-order valence-electron chi connectivity index (χ3n) is 3.83. The van der Waals surface area contributed by atoms with Gasteiger partial charge in [-0.05, 0) is 0 Å². The van der Waals surface area contributed by atoms with E-state index in [0.717, 1.165) is 6.92 Å². The van der Waals surface area contributed by atoms with Gasteiger partial charge in [-0.15, -0.1) is 0 Å². The number of hydrogen-bond donors (Lipinski definition) is 0. The smallest absolute Gasteiger partial charge is 0.461 e. The Bertz CT molecular complexity index is 621. The summed E-state index contributed by atoms with van der Waals surface area (Å²) in [6.07, 6.45) is -7.27. The summed E-state index contributed by atoms with van der Waals surface area (Å²) in [5, 5.41) is 4.05. The number of aliphatic carboxylic acids is 1. The zero-order valence-corrected chi connectivity index (χ0v) is 15.6. The standard InChI is InChI=1S/C13H21F7N2O4S/c1-4-21(7-5-8-22(2,3)9-6-10(23)24)27(25,26)13(19,20)11(14,15)12(16,17)18/h4-9H2,1-3H3. The van der Waals surface area contributed by atoms with Gasteiger partial charge in [0.25, 0.3) is 10.0 Å². The highest BCUT2D eigenvalue weighted by atomic mass is 32.2. The van der Waals surface area contributed by atoms with Crippen LogP contribution in [0.25, 0.3) is 0 Å². The number of carbonyl (C=O) groups is 1. The van der Waals surface area contributed by atoms with E-state index in [1.165, 1.54) is 0 Å². The number of carboxylic acids is 1. The highest BCUT2D eigenvalue weighted by molar-refractivity contribution is 7.90. The van der Waals surface area contributed by atoms with Gasteiger partial charge in [0.1, 0.15) is 0 Å². The third kappa shape index (κ3) is 5.91. The number of sulfonamides is 1. The first-order chi connectivity index (χ1) is 11.8. The van der Waals surface area contributed by atoms with Crippen molar-refractivity contribution >= 4 is 16.0 Å². The molecule has 0 rings (SSSR count). The van der Waals surface area contributed by atoms with Crippen LogP contribution in [0, 0.1) is 0 Å². The predicted octanol–water partition coefficient (Wildman–Crippen LogP) is 1.03. The van der Waals surface area contributed by atoms with Crippen LogP contribution in [0.4, 0.5) is 30.7 Å². The van der Waals surface area contributed by atoms with E-state index in [-0.39, 0.29) is 34.7 Å². The van der Waals surface area contributed by atoms with Crippen LogP contribution >= 0.6 is 0 Å². The lowest BCUT2D eigenvalue weighted by Crippen LogP contribution is -2.59. The average Bonchev–Trinajstić information content (AvgIpc) is 2.48. The molecule has 27 heavy (non-hydrogen) atoms. The summed E-state index contributed by atoms with van der Waals surface area (Å²) >= 11 is 0. The number of hydrogen-bond acceptors (Lipinski definition) is 4. The van der Waals surface area contributed by atoms with Gasteiger partial charge >= 0.3 is 17.4 Å². The highest BCUT2D eigenvalue weighted by Gasteiger charge is 2.79. The van der Waals surface area contributed by atoms with E-state index in [9.17, 15) is 49.1 Å². The van der Waals surface area contributed by atoms with Crippen LogP contribution in [-0.4, -0.2) is 80.8 Å². The fourth-order valence-electron chi connectivity index (χ4n) is 2.12. The largest absolute Gasteiger partial charge is 0.550 e. The van der Waals surface area contributed by atoms with Gasteiger partial charge in [0.05, 0.1) is 27.2 Å². The molecule has 0 aliphatic heterocycles. The van der Waals surface area contributed by atoms with Crippen molar-refractivity contribution in [3.8, 4) is 0 Å². The summed E-state index contributed by atoms with van der Waals surface area (Å²) in [5.41, 5.74) is 0. The van der Waals surface area contributed by atoms with Crippen LogP contribution in [-0.2, 0) is 14.8 Å². The number of halogens is 7. The van der Waals surface area contributed by atoms with E-state index in [4.69, 9.17) is 0 Å². The Balaban J connectivity index is 5.29. The maximum absolute atomic E-state index is 13.6. The Morgan fingerprint density at radius 2 is 1.52 bits per heavy atom. The van der Waals surface area contributed by atoms with Gasteiger partial charge in [-0.1, -0.05) is 6.92 Å². The molecule has 0 atom stereocenters. The van der Waals surface area contributed by atoms with Crippen molar-refractivity contribution in [1.82, 2.24) is 4.31 Å². The van der Waals surface area contributed by atoms with Gasteiger partial charge in [-0.3, -0.25) is 0 Å². The Hall–Kier alpha value is -1.15. The fourth-order valence-corrected chi connectivity index (χ4v) is 3.59. The molecule has 0 radical (unpaired) electrons. The summed E-state index contributed by atoms with van der Waals surface area (Å²) < 4.78 is 113. The number of carbonyl (C=O) groups excluding carboxylic acids is 1. The first-order valence-corrected chi connectivity index (χ1v) is 9.11. The minimum atomic E-state index is -6.77. The van der Waals surface area contributed by atoms with Gasteiger partial charge in [0, 0.05) is 31.9 Å². The van der Waals surface area contributed by atoms with Crippen LogP contribution in [0.15, 0.2) is 0 Å². The monoisotopic (exact) mass is 434 g/mol. The van der Waals surface area contributed by atoms with Crippen molar-refractivity contribution in [3.63, 3.8) is 0 Å².